The predicted molar refractivity (Wildman–Crippen MR) is 74.8 cm³/mol. The Hall–Kier alpha value is -2.54. The van der Waals surface area contributed by atoms with Crippen LogP contribution >= 0.6 is 0 Å². The fraction of sp³-hybridized carbons (Fsp3) is 0.333. The number of β-lactam (4-membered cyclic amide) rings is 1. The first-order chi connectivity index (χ1) is 10.6. The minimum atomic E-state index is -0.411. The summed E-state index contributed by atoms with van der Waals surface area (Å²) in [4.78, 5) is 48.8. The summed E-state index contributed by atoms with van der Waals surface area (Å²) in [6.45, 7) is 0.235. The lowest BCUT2D eigenvalue weighted by Gasteiger charge is -2.28. The first-order valence-corrected chi connectivity index (χ1v) is 6.92. The van der Waals surface area contributed by atoms with Gasteiger partial charge in [-0.15, -0.1) is 0 Å². The molecule has 7 heteroatoms. The van der Waals surface area contributed by atoms with Crippen LogP contribution in [0.25, 0.3) is 0 Å². The largest absolute Gasteiger partial charge is 0.362 e. The average molecular weight is 302 g/mol. The number of ether oxygens (including phenoxy) is 1. The van der Waals surface area contributed by atoms with E-state index in [9.17, 15) is 19.2 Å². The summed E-state index contributed by atoms with van der Waals surface area (Å²) in [6, 6.07) is 6.57. The van der Waals surface area contributed by atoms with Crippen molar-refractivity contribution in [3.8, 4) is 0 Å². The Morgan fingerprint density at radius 2 is 1.64 bits per heavy atom. The molecule has 0 saturated carbocycles. The Morgan fingerprint density at radius 3 is 2.14 bits per heavy atom. The van der Waals surface area contributed by atoms with Gasteiger partial charge in [0.25, 0.3) is 11.8 Å². The maximum atomic E-state index is 11.9. The topological polar surface area (TPSA) is 84.0 Å². The molecule has 1 aromatic carbocycles. The third kappa shape index (κ3) is 2.62. The van der Waals surface area contributed by atoms with Crippen LogP contribution in [0.1, 0.15) is 12.0 Å². The highest BCUT2D eigenvalue weighted by molar-refractivity contribution is 6.17. The van der Waals surface area contributed by atoms with E-state index in [-0.39, 0.29) is 31.4 Å². The standard InChI is InChI=1S/C15H14N2O5/c18-12-5-6-16(12)13(19)7-10-1-3-11(4-2-10)17-14(20)8-22-9-15(17)21/h1-4H,5-9H2. The second kappa shape index (κ2) is 5.69. The summed E-state index contributed by atoms with van der Waals surface area (Å²) in [7, 11) is 0. The van der Waals surface area contributed by atoms with Crippen LogP contribution < -0.4 is 4.90 Å². The zero-order chi connectivity index (χ0) is 15.7. The van der Waals surface area contributed by atoms with Crippen LogP contribution in [0.3, 0.4) is 0 Å². The van der Waals surface area contributed by atoms with Gasteiger partial charge in [-0.05, 0) is 17.7 Å². The Balaban J connectivity index is 1.70. The summed E-state index contributed by atoms with van der Waals surface area (Å²) < 4.78 is 4.85. The number of morpholine rings is 1. The van der Waals surface area contributed by atoms with Gasteiger partial charge in [-0.1, -0.05) is 12.1 Å². The molecule has 3 rings (SSSR count). The molecule has 0 atom stereocenters. The van der Waals surface area contributed by atoms with Crippen LogP contribution in [0, 0.1) is 0 Å². The van der Waals surface area contributed by atoms with E-state index in [1.54, 1.807) is 24.3 Å². The zero-order valence-corrected chi connectivity index (χ0v) is 11.8. The highest BCUT2D eigenvalue weighted by Gasteiger charge is 2.30. The lowest BCUT2D eigenvalue weighted by molar-refractivity contribution is -0.152. The van der Waals surface area contributed by atoms with E-state index in [1.165, 1.54) is 4.90 Å². The predicted octanol–water partition coefficient (Wildman–Crippen LogP) is -0.122. The number of benzene rings is 1. The molecule has 114 valence electrons. The number of amides is 4. The number of carbonyl (C=O) groups excluding carboxylic acids is 4. The Kier molecular flexibility index (Phi) is 3.72. The molecule has 2 aliphatic rings. The van der Waals surface area contributed by atoms with Crippen molar-refractivity contribution in [2.75, 3.05) is 24.7 Å². The molecule has 2 heterocycles. The molecule has 2 aliphatic heterocycles. The van der Waals surface area contributed by atoms with Crippen molar-refractivity contribution in [2.24, 2.45) is 0 Å². The maximum absolute atomic E-state index is 11.9. The lowest BCUT2D eigenvalue weighted by Crippen LogP contribution is -2.48. The minimum Gasteiger partial charge on any atom is -0.362 e. The molecular weight excluding hydrogens is 288 g/mol. The maximum Gasteiger partial charge on any atom is 0.259 e. The number of carbonyl (C=O) groups is 4. The molecule has 4 amide bonds. The fourth-order valence-electron chi connectivity index (χ4n) is 2.39. The minimum absolute atomic E-state index is 0.122. The van der Waals surface area contributed by atoms with E-state index >= 15 is 0 Å². The van der Waals surface area contributed by atoms with Crippen LogP contribution in [0.5, 0.6) is 0 Å². The van der Waals surface area contributed by atoms with Gasteiger partial charge in [-0.25, -0.2) is 4.90 Å². The van der Waals surface area contributed by atoms with E-state index in [4.69, 9.17) is 4.74 Å². The van der Waals surface area contributed by atoms with Gasteiger partial charge in [0.05, 0.1) is 12.1 Å². The fourth-order valence-corrected chi connectivity index (χ4v) is 2.39. The van der Waals surface area contributed by atoms with Crippen LogP contribution in [-0.4, -0.2) is 48.3 Å². The molecule has 0 unspecified atom stereocenters. The highest BCUT2D eigenvalue weighted by Crippen LogP contribution is 2.19. The molecule has 0 spiro atoms. The van der Waals surface area contributed by atoms with Gasteiger partial charge in [0.15, 0.2) is 0 Å². The number of hydrogen-bond acceptors (Lipinski definition) is 5. The molecule has 0 radical (unpaired) electrons. The SMILES string of the molecule is O=C1CCN1C(=O)Cc1ccc(N2C(=O)COCC2=O)cc1. The van der Waals surface area contributed by atoms with E-state index in [1.807, 2.05) is 0 Å². The van der Waals surface area contributed by atoms with Crippen molar-refractivity contribution in [3.05, 3.63) is 29.8 Å². The van der Waals surface area contributed by atoms with Gasteiger partial charge in [0, 0.05) is 13.0 Å². The first kappa shape index (κ1) is 14.4. The Labute approximate surface area is 126 Å². The van der Waals surface area contributed by atoms with Gasteiger partial charge in [-0.2, -0.15) is 0 Å². The summed E-state index contributed by atoms with van der Waals surface area (Å²) >= 11 is 0. The summed E-state index contributed by atoms with van der Waals surface area (Å²) in [5, 5.41) is 0. The van der Waals surface area contributed by atoms with Crippen molar-refractivity contribution in [3.63, 3.8) is 0 Å². The Morgan fingerprint density at radius 1 is 1.00 bits per heavy atom. The van der Waals surface area contributed by atoms with E-state index in [0.29, 0.717) is 18.7 Å². The first-order valence-electron chi connectivity index (χ1n) is 6.92. The number of rotatable bonds is 3. The second-order valence-electron chi connectivity index (χ2n) is 5.15. The molecular formula is C15H14N2O5. The molecule has 1 aromatic rings. The highest BCUT2D eigenvalue weighted by atomic mass is 16.5. The molecule has 0 aliphatic carbocycles. The normalized spacial score (nSPS) is 18.5. The third-order valence-electron chi connectivity index (χ3n) is 3.65. The molecule has 2 saturated heterocycles. The molecule has 22 heavy (non-hydrogen) atoms. The average Bonchev–Trinajstić information content (AvgIpc) is 2.47. The van der Waals surface area contributed by atoms with Gasteiger partial charge in [0.1, 0.15) is 13.2 Å². The number of likely N-dealkylation sites (tertiary alicyclic amines) is 1. The monoisotopic (exact) mass is 302 g/mol. The van der Waals surface area contributed by atoms with Gasteiger partial charge < -0.3 is 4.74 Å². The van der Waals surface area contributed by atoms with Gasteiger partial charge in [0.2, 0.25) is 11.8 Å². The van der Waals surface area contributed by atoms with Gasteiger partial charge >= 0.3 is 0 Å². The van der Waals surface area contributed by atoms with Crippen LogP contribution in [-0.2, 0) is 30.3 Å². The van der Waals surface area contributed by atoms with Crippen LogP contribution in [0.2, 0.25) is 0 Å². The number of imide groups is 2. The van der Waals surface area contributed by atoms with E-state index < -0.39 is 11.8 Å². The quantitative estimate of drug-likeness (QED) is 0.574. The van der Waals surface area contributed by atoms with E-state index in [0.717, 1.165) is 10.5 Å². The van der Waals surface area contributed by atoms with Crippen molar-refractivity contribution in [1.29, 1.82) is 0 Å². The van der Waals surface area contributed by atoms with Gasteiger partial charge in [-0.3, -0.25) is 24.1 Å². The molecule has 2 fully saturated rings. The summed E-state index contributed by atoms with van der Waals surface area (Å²) in [6.07, 6.45) is 0.545. The van der Waals surface area contributed by atoms with Crippen LogP contribution in [0.4, 0.5) is 5.69 Å². The molecule has 0 aromatic heterocycles. The lowest BCUT2D eigenvalue weighted by atomic mass is 10.1. The van der Waals surface area contributed by atoms with Crippen molar-refractivity contribution in [2.45, 2.75) is 12.8 Å². The second-order valence-corrected chi connectivity index (χ2v) is 5.15. The number of nitrogens with zero attached hydrogens (tertiary/aromatic N) is 2. The smallest absolute Gasteiger partial charge is 0.259 e. The van der Waals surface area contributed by atoms with Crippen LogP contribution in [0.15, 0.2) is 24.3 Å². The van der Waals surface area contributed by atoms with E-state index in [2.05, 4.69) is 0 Å². The Bertz CT molecular complexity index is 636. The van der Waals surface area contributed by atoms with Crippen molar-refractivity contribution in [1.82, 2.24) is 4.90 Å². The molecule has 7 nitrogen and oxygen atoms in total. The van der Waals surface area contributed by atoms with Crippen molar-refractivity contribution >= 4 is 29.3 Å². The summed E-state index contributed by atoms with van der Waals surface area (Å²) in [5.41, 5.74) is 1.18. The van der Waals surface area contributed by atoms with Crippen molar-refractivity contribution < 1.29 is 23.9 Å². The number of hydrogen-bond donors (Lipinski definition) is 0. The third-order valence-corrected chi connectivity index (χ3v) is 3.65. The summed E-state index contributed by atoms with van der Waals surface area (Å²) in [5.74, 6) is -1.20. The molecule has 0 N–H and O–H groups in total. The molecule has 0 bridgehead atoms. The zero-order valence-electron chi connectivity index (χ0n) is 11.8. The number of anilines is 1.